The highest BCUT2D eigenvalue weighted by molar-refractivity contribution is 5.97. The van der Waals surface area contributed by atoms with E-state index in [1.807, 2.05) is 38.2 Å². The quantitative estimate of drug-likeness (QED) is 0.828. The summed E-state index contributed by atoms with van der Waals surface area (Å²) in [6.45, 7) is 6.68. The molecule has 0 heterocycles. The van der Waals surface area contributed by atoms with E-state index in [-0.39, 0.29) is 5.91 Å². The van der Waals surface area contributed by atoms with Crippen LogP contribution in [0, 0.1) is 12.3 Å². The van der Waals surface area contributed by atoms with E-state index in [9.17, 15) is 4.79 Å². The summed E-state index contributed by atoms with van der Waals surface area (Å²) in [7, 11) is 1.85. The van der Waals surface area contributed by atoms with Crippen LogP contribution in [0.2, 0.25) is 0 Å². The maximum Gasteiger partial charge on any atom is 0.234 e. The molecular formula is C17H28N2O. The predicted octanol–water partition coefficient (Wildman–Crippen LogP) is 3.50. The van der Waals surface area contributed by atoms with Crippen molar-refractivity contribution in [1.82, 2.24) is 0 Å². The molecule has 0 aliphatic rings. The molecule has 0 fully saturated rings. The number of nitrogens with two attached hydrogens (primary N) is 1. The number of carbonyl (C=O) groups excluding carboxylic acids is 1. The number of aryl methyl sites for hydroxylation is 1. The van der Waals surface area contributed by atoms with E-state index in [0.717, 1.165) is 36.9 Å². The van der Waals surface area contributed by atoms with Crippen molar-refractivity contribution in [3.63, 3.8) is 0 Å². The average Bonchev–Trinajstić information content (AvgIpc) is 2.45. The number of benzene rings is 1. The van der Waals surface area contributed by atoms with Crippen LogP contribution in [-0.4, -0.2) is 19.5 Å². The highest BCUT2D eigenvalue weighted by Crippen LogP contribution is 2.32. The summed E-state index contributed by atoms with van der Waals surface area (Å²) >= 11 is 0. The molecule has 0 saturated heterocycles. The number of amides is 1. The van der Waals surface area contributed by atoms with Crippen molar-refractivity contribution in [3.05, 3.63) is 29.8 Å². The molecule has 0 radical (unpaired) electrons. The first-order chi connectivity index (χ1) is 9.50. The molecule has 0 aliphatic heterocycles. The Bertz CT molecular complexity index is 436. The van der Waals surface area contributed by atoms with Gasteiger partial charge in [-0.15, -0.1) is 0 Å². The molecule has 0 saturated carbocycles. The van der Waals surface area contributed by atoms with E-state index in [1.165, 1.54) is 0 Å². The van der Waals surface area contributed by atoms with Crippen molar-refractivity contribution in [2.75, 3.05) is 18.5 Å². The fourth-order valence-electron chi connectivity index (χ4n) is 2.90. The molecule has 20 heavy (non-hydrogen) atoms. The number of nitrogens with zero attached hydrogens (tertiary/aromatic N) is 1. The van der Waals surface area contributed by atoms with Crippen molar-refractivity contribution in [3.8, 4) is 0 Å². The van der Waals surface area contributed by atoms with Crippen LogP contribution in [0.4, 0.5) is 5.69 Å². The van der Waals surface area contributed by atoms with E-state index in [2.05, 4.69) is 13.8 Å². The lowest BCUT2D eigenvalue weighted by Gasteiger charge is -2.35. The molecule has 0 unspecified atom stereocenters. The molecule has 1 aromatic carbocycles. The van der Waals surface area contributed by atoms with Crippen LogP contribution in [0.1, 0.15) is 45.1 Å². The van der Waals surface area contributed by atoms with E-state index in [0.29, 0.717) is 6.54 Å². The van der Waals surface area contributed by atoms with Crippen LogP contribution in [0.3, 0.4) is 0 Å². The summed E-state index contributed by atoms with van der Waals surface area (Å²) < 4.78 is 0. The molecule has 1 amide bonds. The van der Waals surface area contributed by atoms with Crippen molar-refractivity contribution >= 4 is 11.6 Å². The molecule has 0 aliphatic carbocycles. The lowest BCUT2D eigenvalue weighted by molar-refractivity contribution is -0.128. The maximum atomic E-state index is 12.9. The standard InChI is InChI=1S/C17H28N2O/c1-5-10-17(13-18,11-6-2)16(20)19(4)15-9-7-8-14(3)12-15/h7-9,12H,5-6,10-11,13,18H2,1-4H3. The Kier molecular flexibility index (Phi) is 6.21. The molecule has 3 heteroatoms. The predicted molar refractivity (Wildman–Crippen MR) is 85.9 cm³/mol. The smallest absolute Gasteiger partial charge is 0.234 e. The van der Waals surface area contributed by atoms with Crippen molar-refractivity contribution in [2.24, 2.45) is 11.1 Å². The third-order valence-electron chi connectivity index (χ3n) is 4.00. The second kappa shape index (κ2) is 7.44. The zero-order chi connectivity index (χ0) is 15.2. The van der Waals surface area contributed by atoms with Gasteiger partial charge < -0.3 is 10.6 Å². The van der Waals surface area contributed by atoms with E-state index < -0.39 is 5.41 Å². The number of hydrogen-bond donors (Lipinski definition) is 1. The Labute approximate surface area is 123 Å². The topological polar surface area (TPSA) is 46.3 Å². The summed E-state index contributed by atoms with van der Waals surface area (Å²) in [6.07, 6.45) is 3.66. The van der Waals surface area contributed by atoms with Gasteiger partial charge >= 0.3 is 0 Å². The van der Waals surface area contributed by atoms with Crippen LogP contribution < -0.4 is 10.6 Å². The first kappa shape index (κ1) is 16.7. The van der Waals surface area contributed by atoms with E-state index in [1.54, 1.807) is 4.90 Å². The average molecular weight is 276 g/mol. The first-order valence-corrected chi connectivity index (χ1v) is 7.55. The molecular weight excluding hydrogens is 248 g/mol. The van der Waals surface area contributed by atoms with Gasteiger partial charge in [-0.3, -0.25) is 4.79 Å². The molecule has 2 N–H and O–H groups in total. The normalized spacial score (nSPS) is 11.4. The van der Waals surface area contributed by atoms with Crippen molar-refractivity contribution in [1.29, 1.82) is 0 Å². The third-order valence-corrected chi connectivity index (χ3v) is 4.00. The molecule has 3 nitrogen and oxygen atoms in total. The van der Waals surface area contributed by atoms with E-state index in [4.69, 9.17) is 5.73 Å². The van der Waals surface area contributed by atoms with Gasteiger partial charge in [0.05, 0.1) is 5.41 Å². The van der Waals surface area contributed by atoms with Gasteiger partial charge in [-0.25, -0.2) is 0 Å². The molecule has 0 bridgehead atoms. The van der Waals surface area contributed by atoms with Gasteiger partial charge in [0.25, 0.3) is 0 Å². The Morgan fingerprint density at radius 1 is 1.25 bits per heavy atom. The van der Waals surface area contributed by atoms with Crippen LogP contribution >= 0.6 is 0 Å². The molecule has 0 atom stereocenters. The van der Waals surface area contributed by atoms with Crippen LogP contribution in [0.5, 0.6) is 0 Å². The Balaban J connectivity index is 3.05. The van der Waals surface area contributed by atoms with Gasteiger partial charge in [-0.05, 0) is 37.5 Å². The maximum absolute atomic E-state index is 12.9. The molecule has 0 aromatic heterocycles. The van der Waals surface area contributed by atoms with Crippen LogP contribution in [-0.2, 0) is 4.79 Å². The van der Waals surface area contributed by atoms with Crippen LogP contribution in [0.15, 0.2) is 24.3 Å². The number of anilines is 1. The fourth-order valence-corrected chi connectivity index (χ4v) is 2.90. The van der Waals surface area contributed by atoms with Gasteiger partial charge in [0.1, 0.15) is 0 Å². The zero-order valence-electron chi connectivity index (χ0n) is 13.3. The van der Waals surface area contributed by atoms with Gasteiger partial charge in [0, 0.05) is 19.3 Å². The van der Waals surface area contributed by atoms with Gasteiger partial charge in [0.2, 0.25) is 5.91 Å². The van der Waals surface area contributed by atoms with Gasteiger partial charge in [-0.2, -0.15) is 0 Å². The molecule has 112 valence electrons. The summed E-state index contributed by atoms with van der Waals surface area (Å²) in [5.74, 6) is 0.148. The second-order valence-corrected chi connectivity index (χ2v) is 5.69. The first-order valence-electron chi connectivity index (χ1n) is 7.55. The second-order valence-electron chi connectivity index (χ2n) is 5.69. The lowest BCUT2D eigenvalue weighted by Crippen LogP contribution is -2.47. The van der Waals surface area contributed by atoms with Gasteiger partial charge in [-0.1, -0.05) is 38.8 Å². The van der Waals surface area contributed by atoms with Crippen LogP contribution in [0.25, 0.3) is 0 Å². The Morgan fingerprint density at radius 3 is 2.30 bits per heavy atom. The Hall–Kier alpha value is -1.35. The highest BCUT2D eigenvalue weighted by atomic mass is 16.2. The summed E-state index contributed by atoms with van der Waals surface area (Å²) in [4.78, 5) is 14.7. The number of carbonyl (C=O) groups is 1. The number of rotatable bonds is 7. The highest BCUT2D eigenvalue weighted by Gasteiger charge is 2.37. The molecule has 1 rings (SSSR count). The zero-order valence-corrected chi connectivity index (χ0v) is 13.3. The largest absolute Gasteiger partial charge is 0.329 e. The third kappa shape index (κ3) is 3.60. The summed E-state index contributed by atoms with van der Waals surface area (Å²) in [6, 6.07) is 8.04. The Morgan fingerprint density at radius 2 is 1.85 bits per heavy atom. The number of hydrogen-bond acceptors (Lipinski definition) is 2. The molecule has 0 spiro atoms. The summed E-state index contributed by atoms with van der Waals surface area (Å²) in [5.41, 5.74) is 7.67. The minimum absolute atomic E-state index is 0.148. The molecule has 1 aromatic rings. The fraction of sp³-hybridized carbons (Fsp3) is 0.588. The van der Waals surface area contributed by atoms with Gasteiger partial charge in [0.15, 0.2) is 0 Å². The minimum atomic E-state index is -0.415. The van der Waals surface area contributed by atoms with E-state index >= 15 is 0 Å². The SMILES string of the molecule is CCCC(CN)(CCC)C(=O)N(C)c1cccc(C)c1. The van der Waals surface area contributed by atoms with Crippen molar-refractivity contribution in [2.45, 2.75) is 46.5 Å². The lowest BCUT2D eigenvalue weighted by atomic mass is 9.78. The monoisotopic (exact) mass is 276 g/mol. The van der Waals surface area contributed by atoms with Crippen molar-refractivity contribution < 1.29 is 4.79 Å². The summed E-state index contributed by atoms with van der Waals surface area (Å²) in [5, 5.41) is 0. The minimum Gasteiger partial charge on any atom is -0.329 e.